The lowest BCUT2D eigenvalue weighted by Crippen LogP contribution is -2.34. The van der Waals surface area contributed by atoms with Gasteiger partial charge in [-0.25, -0.2) is 4.79 Å². The fourth-order valence-corrected chi connectivity index (χ4v) is 1.97. The lowest BCUT2D eigenvalue weighted by atomic mass is 10.0. The monoisotopic (exact) mass is 335 g/mol. The Kier molecular flexibility index (Phi) is 7.61. The molecule has 6 nitrogen and oxygen atoms in total. The van der Waals surface area contributed by atoms with E-state index in [1.807, 2.05) is 0 Å². The first kappa shape index (κ1) is 19.9. The molecular weight excluding hydrogens is 310 g/mol. The van der Waals surface area contributed by atoms with Crippen LogP contribution in [-0.2, 0) is 9.53 Å². The van der Waals surface area contributed by atoms with E-state index in [0.717, 1.165) is 5.56 Å². The Balaban J connectivity index is 2.47. The fraction of sp³-hybridized carbons (Fsp3) is 0.444. The van der Waals surface area contributed by atoms with Crippen LogP contribution in [0.3, 0.4) is 0 Å². The number of rotatable bonds is 7. The van der Waals surface area contributed by atoms with Crippen LogP contribution < -0.4 is 5.32 Å². The quantitative estimate of drug-likeness (QED) is 0.524. The van der Waals surface area contributed by atoms with E-state index >= 15 is 0 Å². The second kappa shape index (κ2) is 9.20. The molecule has 2 atom stereocenters. The maximum absolute atomic E-state index is 11.5. The molecule has 0 aliphatic carbocycles. The van der Waals surface area contributed by atoms with Crippen molar-refractivity contribution < 1.29 is 24.5 Å². The molecule has 6 heteroatoms. The molecule has 0 fully saturated rings. The largest absolute Gasteiger partial charge is 0.444 e. The fourth-order valence-electron chi connectivity index (χ4n) is 1.97. The number of allylic oxidation sites excluding steroid dienone is 1. The average molecular weight is 335 g/mol. The van der Waals surface area contributed by atoms with Crippen LogP contribution in [0.25, 0.3) is 6.08 Å². The SMILES string of the molecule is CC(C)(C)OC(=O)NCCC(O)C(O)c1ccc(/C=C/C=O)cc1. The van der Waals surface area contributed by atoms with Crippen molar-refractivity contribution in [2.75, 3.05) is 6.54 Å². The molecule has 0 spiro atoms. The highest BCUT2D eigenvalue weighted by Crippen LogP contribution is 2.19. The molecule has 132 valence electrons. The van der Waals surface area contributed by atoms with Gasteiger partial charge in [-0.2, -0.15) is 0 Å². The summed E-state index contributed by atoms with van der Waals surface area (Å²) in [5.41, 5.74) is 0.796. The molecule has 3 N–H and O–H groups in total. The predicted octanol–water partition coefficient (Wildman–Crippen LogP) is 2.21. The topological polar surface area (TPSA) is 95.9 Å². The van der Waals surface area contributed by atoms with Crippen LogP contribution in [0.1, 0.15) is 44.4 Å². The maximum Gasteiger partial charge on any atom is 0.407 e. The Morgan fingerprint density at radius 2 is 1.88 bits per heavy atom. The first-order valence-electron chi connectivity index (χ1n) is 7.77. The van der Waals surface area contributed by atoms with Crippen molar-refractivity contribution in [3.63, 3.8) is 0 Å². The summed E-state index contributed by atoms with van der Waals surface area (Å²) in [6, 6.07) is 6.84. The summed E-state index contributed by atoms with van der Waals surface area (Å²) in [6.07, 6.45) is 1.26. The summed E-state index contributed by atoms with van der Waals surface area (Å²) < 4.78 is 5.08. The van der Waals surface area contributed by atoms with Crippen molar-refractivity contribution in [1.29, 1.82) is 0 Å². The molecule has 0 aliphatic rings. The van der Waals surface area contributed by atoms with Crippen LogP contribution >= 0.6 is 0 Å². The highest BCUT2D eigenvalue weighted by molar-refractivity contribution is 5.73. The van der Waals surface area contributed by atoms with Crippen LogP contribution in [0.5, 0.6) is 0 Å². The van der Waals surface area contributed by atoms with Crippen LogP contribution in [-0.4, -0.2) is 40.8 Å². The number of amides is 1. The highest BCUT2D eigenvalue weighted by atomic mass is 16.6. The maximum atomic E-state index is 11.5. The van der Waals surface area contributed by atoms with Crippen molar-refractivity contribution in [2.45, 2.75) is 45.0 Å². The molecule has 2 unspecified atom stereocenters. The van der Waals surface area contributed by atoms with E-state index in [1.165, 1.54) is 6.08 Å². The zero-order valence-corrected chi connectivity index (χ0v) is 14.2. The van der Waals surface area contributed by atoms with Crippen molar-refractivity contribution in [3.05, 3.63) is 41.5 Å². The lowest BCUT2D eigenvalue weighted by Gasteiger charge is -2.21. The summed E-state index contributed by atoms with van der Waals surface area (Å²) in [5.74, 6) is 0. The zero-order chi connectivity index (χ0) is 18.2. The number of ether oxygens (including phenoxy) is 1. The minimum absolute atomic E-state index is 0.188. The van der Waals surface area contributed by atoms with Gasteiger partial charge in [0.25, 0.3) is 0 Å². The summed E-state index contributed by atoms with van der Waals surface area (Å²) in [6.45, 7) is 5.48. The van der Waals surface area contributed by atoms with Gasteiger partial charge in [-0.3, -0.25) is 4.79 Å². The number of benzene rings is 1. The van der Waals surface area contributed by atoms with Gasteiger partial charge in [0, 0.05) is 6.54 Å². The molecule has 0 saturated heterocycles. The van der Waals surface area contributed by atoms with Gasteiger partial charge in [-0.05, 0) is 44.4 Å². The number of aliphatic hydroxyl groups excluding tert-OH is 2. The standard InChI is InChI=1S/C18H25NO5/c1-18(2,3)24-17(23)19-11-10-15(21)16(22)14-8-6-13(7-9-14)5-4-12-20/h4-9,12,15-16,21-22H,10-11H2,1-3H3,(H,19,23)/b5-4+. The molecule has 0 saturated carbocycles. The van der Waals surface area contributed by atoms with E-state index in [2.05, 4.69) is 5.32 Å². The zero-order valence-electron chi connectivity index (χ0n) is 14.2. The van der Waals surface area contributed by atoms with Crippen molar-refractivity contribution in [3.8, 4) is 0 Å². The second-order valence-corrected chi connectivity index (χ2v) is 6.39. The van der Waals surface area contributed by atoms with Crippen molar-refractivity contribution >= 4 is 18.5 Å². The molecule has 0 aliphatic heterocycles. The first-order valence-corrected chi connectivity index (χ1v) is 7.77. The van der Waals surface area contributed by atoms with E-state index in [4.69, 9.17) is 4.74 Å². The smallest absolute Gasteiger partial charge is 0.407 e. The Labute approximate surface area is 142 Å². The third kappa shape index (κ3) is 7.39. The average Bonchev–Trinajstić information content (AvgIpc) is 2.50. The van der Waals surface area contributed by atoms with Gasteiger partial charge < -0.3 is 20.3 Å². The molecule has 24 heavy (non-hydrogen) atoms. The number of carbonyl (C=O) groups is 2. The number of aldehydes is 1. The normalized spacial score (nSPS) is 14.2. The minimum atomic E-state index is -1.06. The van der Waals surface area contributed by atoms with Crippen LogP contribution in [0, 0.1) is 0 Å². The number of nitrogens with one attached hydrogen (secondary N) is 1. The van der Waals surface area contributed by atoms with Gasteiger partial charge in [-0.1, -0.05) is 30.3 Å². The summed E-state index contributed by atoms with van der Waals surface area (Å²) in [4.78, 5) is 21.8. The third-order valence-electron chi connectivity index (χ3n) is 3.12. The van der Waals surface area contributed by atoms with Gasteiger partial charge in [0.15, 0.2) is 0 Å². The highest BCUT2D eigenvalue weighted by Gasteiger charge is 2.19. The van der Waals surface area contributed by atoms with Crippen LogP contribution in [0.2, 0.25) is 0 Å². The van der Waals surface area contributed by atoms with E-state index in [0.29, 0.717) is 11.8 Å². The molecule has 1 aromatic rings. The van der Waals surface area contributed by atoms with E-state index in [1.54, 1.807) is 51.1 Å². The second-order valence-electron chi connectivity index (χ2n) is 6.39. The van der Waals surface area contributed by atoms with E-state index < -0.39 is 23.9 Å². The summed E-state index contributed by atoms with van der Waals surface area (Å²) >= 11 is 0. The molecule has 1 rings (SSSR count). The molecule has 0 aromatic heterocycles. The number of carbonyl (C=O) groups excluding carboxylic acids is 2. The number of alkyl carbamates (subject to hydrolysis) is 1. The number of aliphatic hydroxyl groups is 2. The molecule has 1 aromatic carbocycles. The third-order valence-corrected chi connectivity index (χ3v) is 3.12. The Bertz CT molecular complexity index is 560. The summed E-state index contributed by atoms with van der Waals surface area (Å²) in [5, 5.41) is 22.7. The minimum Gasteiger partial charge on any atom is -0.444 e. The molecular formula is C18H25NO5. The molecule has 1 amide bonds. The Morgan fingerprint density at radius 3 is 2.42 bits per heavy atom. The number of hydrogen-bond acceptors (Lipinski definition) is 5. The van der Waals surface area contributed by atoms with Crippen LogP contribution in [0.4, 0.5) is 4.79 Å². The van der Waals surface area contributed by atoms with Gasteiger partial charge in [0.1, 0.15) is 18.0 Å². The van der Waals surface area contributed by atoms with E-state index in [-0.39, 0.29) is 13.0 Å². The molecule has 0 bridgehead atoms. The Hall–Kier alpha value is -2.18. The van der Waals surface area contributed by atoms with Gasteiger partial charge >= 0.3 is 6.09 Å². The first-order chi connectivity index (χ1) is 11.2. The number of hydrogen-bond donors (Lipinski definition) is 3. The summed E-state index contributed by atoms with van der Waals surface area (Å²) in [7, 11) is 0. The van der Waals surface area contributed by atoms with Gasteiger partial charge in [0.05, 0.1) is 6.10 Å². The van der Waals surface area contributed by atoms with Gasteiger partial charge in [0.2, 0.25) is 0 Å². The van der Waals surface area contributed by atoms with Crippen molar-refractivity contribution in [2.24, 2.45) is 0 Å². The lowest BCUT2D eigenvalue weighted by molar-refractivity contribution is -0.104. The van der Waals surface area contributed by atoms with Crippen molar-refractivity contribution in [1.82, 2.24) is 5.32 Å². The van der Waals surface area contributed by atoms with Crippen LogP contribution in [0.15, 0.2) is 30.3 Å². The Morgan fingerprint density at radius 1 is 1.25 bits per heavy atom. The van der Waals surface area contributed by atoms with E-state index in [9.17, 15) is 19.8 Å². The van der Waals surface area contributed by atoms with Gasteiger partial charge in [-0.15, -0.1) is 0 Å². The molecule has 0 radical (unpaired) electrons. The molecule has 0 heterocycles. The predicted molar refractivity (Wildman–Crippen MR) is 91.4 cm³/mol.